The normalized spacial score (nSPS) is 12.2. The molecule has 1 aromatic heterocycles. The molecule has 0 bridgehead atoms. The van der Waals surface area contributed by atoms with Crippen LogP contribution in [0.25, 0.3) is 11.0 Å². The first-order valence-corrected chi connectivity index (χ1v) is 5.77. The molecule has 0 amide bonds. The molecule has 1 heterocycles. The number of halogens is 1. The number of aromatic nitrogens is 2. The number of para-hydroxylation sites is 1. The number of benzene rings is 1. The summed E-state index contributed by atoms with van der Waals surface area (Å²) in [6, 6.07) is 5.66. The minimum absolute atomic E-state index is 0.266. The number of nitrogen functional groups attached to an aromatic ring is 1. The Morgan fingerprint density at radius 2 is 2.18 bits per heavy atom. The average molecular weight is 254 g/mol. The van der Waals surface area contributed by atoms with Crippen LogP contribution in [-0.2, 0) is 10.3 Å². The Morgan fingerprint density at radius 3 is 2.82 bits per heavy atom. The van der Waals surface area contributed by atoms with E-state index < -0.39 is 0 Å². The number of nitrogens with zero attached hydrogens (tertiary/aromatic N) is 2. The number of methoxy groups -OCH3 is 1. The van der Waals surface area contributed by atoms with Crippen LogP contribution in [-0.4, -0.2) is 23.3 Å². The first kappa shape index (κ1) is 12.2. The molecule has 5 heteroatoms. The van der Waals surface area contributed by atoms with Crippen LogP contribution in [0.15, 0.2) is 18.2 Å². The predicted molar refractivity (Wildman–Crippen MR) is 70.4 cm³/mol. The van der Waals surface area contributed by atoms with E-state index in [0.29, 0.717) is 17.6 Å². The molecule has 0 aliphatic heterocycles. The van der Waals surface area contributed by atoms with Gasteiger partial charge < -0.3 is 15.0 Å². The van der Waals surface area contributed by atoms with Crippen molar-refractivity contribution in [3.05, 3.63) is 23.2 Å². The van der Waals surface area contributed by atoms with E-state index in [0.717, 1.165) is 11.0 Å². The minimum atomic E-state index is -0.266. The molecular formula is C12H16ClN3O. The van der Waals surface area contributed by atoms with E-state index in [1.807, 2.05) is 22.8 Å². The van der Waals surface area contributed by atoms with Gasteiger partial charge in [0.2, 0.25) is 5.95 Å². The van der Waals surface area contributed by atoms with Gasteiger partial charge in [0.1, 0.15) is 5.52 Å². The molecule has 2 rings (SSSR count). The van der Waals surface area contributed by atoms with Crippen molar-refractivity contribution in [1.82, 2.24) is 9.55 Å². The van der Waals surface area contributed by atoms with Gasteiger partial charge in [-0.1, -0.05) is 17.7 Å². The molecule has 0 aliphatic rings. The summed E-state index contributed by atoms with van der Waals surface area (Å²) in [7, 11) is 1.67. The Bertz CT molecular complexity index is 548. The first-order chi connectivity index (χ1) is 7.97. The van der Waals surface area contributed by atoms with Crippen LogP contribution in [0.5, 0.6) is 0 Å². The monoisotopic (exact) mass is 253 g/mol. The first-order valence-electron chi connectivity index (χ1n) is 5.39. The third-order valence-electron chi connectivity index (χ3n) is 2.76. The molecular weight excluding hydrogens is 238 g/mol. The SMILES string of the molecule is COCC(C)(C)n1c(N)nc2c(Cl)cccc21. The smallest absolute Gasteiger partial charge is 0.201 e. The maximum Gasteiger partial charge on any atom is 0.201 e. The topological polar surface area (TPSA) is 53.1 Å². The molecule has 0 radical (unpaired) electrons. The van der Waals surface area contributed by atoms with Crippen molar-refractivity contribution in [2.75, 3.05) is 19.5 Å². The molecule has 0 unspecified atom stereocenters. The number of anilines is 1. The maximum absolute atomic E-state index is 6.11. The van der Waals surface area contributed by atoms with Crippen molar-refractivity contribution in [2.45, 2.75) is 19.4 Å². The highest BCUT2D eigenvalue weighted by molar-refractivity contribution is 6.35. The molecule has 0 fully saturated rings. The molecule has 2 N–H and O–H groups in total. The summed E-state index contributed by atoms with van der Waals surface area (Å²) >= 11 is 6.11. The zero-order valence-corrected chi connectivity index (χ0v) is 11.0. The van der Waals surface area contributed by atoms with E-state index in [1.54, 1.807) is 7.11 Å². The molecule has 0 saturated carbocycles. The molecule has 17 heavy (non-hydrogen) atoms. The van der Waals surface area contributed by atoms with Crippen molar-refractivity contribution in [1.29, 1.82) is 0 Å². The highest BCUT2D eigenvalue weighted by atomic mass is 35.5. The number of imidazole rings is 1. The largest absolute Gasteiger partial charge is 0.382 e. The highest BCUT2D eigenvalue weighted by Crippen LogP contribution is 2.30. The van der Waals surface area contributed by atoms with E-state index in [4.69, 9.17) is 22.1 Å². The Labute approximate surface area is 105 Å². The summed E-state index contributed by atoms with van der Waals surface area (Å²) in [6.07, 6.45) is 0. The van der Waals surface area contributed by atoms with Crippen molar-refractivity contribution in [3.8, 4) is 0 Å². The Hall–Kier alpha value is -1.26. The van der Waals surface area contributed by atoms with E-state index >= 15 is 0 Å². The van der Waals surface area contributed by atoms with Crippen molar-refractivity contribution in [3.63, 3.8) is 0 Å². The van der Waals surface area contributed by atoms with E-state index in [2.05, 4.69) is 18.8 Å². The standard InChI is InChI=1S/C12H16ClN3O/c1-12(2,7-17-3)16-9-6-4-5-8(13)10(9)15-11(16)14/h4-6H,7H2,1-3H3,(H2,14,15). The molecule has 0 aliphatic carbocycles. The number of hydrogen-bond donors (Lipinski definition) is 1. The fraction of sp³-hybridized carbons (Fsp3) is 0.417. The molecule has 0 saturated heterocycles. The zero-order valence-electron chi connectivity index (χ0n) is 10.2. The second-order valence-electron chi connectivity index (χ2n) is 4.66. The summed E-state index contributed by atoms with van der Waals surface area (Å²) in [4.78, 5) is 4.31. The lowest BCUT2D eigenvalue weighted by atomic mass is 10.1. The number of fused-ring (bicyclic) bond motifs is 1. The van der Waals surface area contributed by atoms with Crippen LogP contribution in [0.3, 0.4) is 0 Å². The molecule has 0 spiro atoms. The Morgan fingerprint density at radius 1 is 1.47 bits per heavy atom. The van der Waals surface area contributed by atoms with Crippen molar-refractivity contribution in [2.24, 2.45) is 0 Å². The summed E-state index contributed by atoms with van der Waals surface area (Å²) in [5.74, 6) is 0.454. The Balaban J connectivity index is 2.69. The number of nitrogens with two attached hydrogens (primary N) is 1. The molecule has 1 aromatic carbocycles. The lowest BCUT2D eigenvalue weighted by Crippen LogP contribution is -2.32. The fourth-order valence-corrected chi connectivity index (χ4v) is 2.35. The average Bonchev–Trinajstić information content (AvgIpc) is 2.56. The van der Waals surface area contributed by atoms with Gasteiger partial charge in [-0.05, 0) is 26.0 Å². The second kappa shape index (κ2) is 4.20. The van der Waals surface area contributed by atoms with Gasteiger partial charge in [-0.3, -0.25) is 0 Å². The van der Waals surface area contributed by atoms with Crippen molar-refractivity contribution < 1.29 is 4.74 Å². The zero-order chi connectivity index (χ0) is 12.6. The quantitative estimate of drug-likeness (QED) is 0.915. The fourth-order valence-electron chi connectivity index (χ4n) is 2.14. The van der Waals surface area contributed by atoms with Crippen LogP contribution in [0.1, 0.15) is 13.8 Å². The predicted octanol–water partition coefficient (Wildman–Crippen LogP) is 2.65. The van der Waals surface area contributed by atoms with Gasteiger partial charge >= 0.3 is 0 Å². The lowest BCUT2D eigenvalue weighted by Gasteiger charge is -2.27. The Kier molecular flexibility index (Phi) is 3.02. The van der Waals surface area contributed by atoms with Crippen LogP contribution in [0, 0.1) is 0 Å². The molecule has 0 atom stereocenters. The third-order valence-corrected chi connectivity index (χ3v) is 3.07. The lowest BCUT2D eigenvalue weighted by molar-refractivity contribution is 0.113. The molecule has 2 aromatic rings. The number of rotatable bonds is 3. The van der Waals surface area contributed by atoms with Gasteiger partial charge in [0, 0.05) is 7.11 Å². The number of ether oxygens (including phenoxy) is 1. The van der Waals surface area contributed by atoms with Crippen LogP contribution < -0.4 is 5.73 Å². The molecule has 4 nitrogen and oxygen atoms in total. The van der Waals surface area contributed by atoms with Gasteiger partial charge in [-0.25, -0.2) is 4.98 Å². The molecule has 92 valence electrons. The van der Waals surface area contributed by atoms with Crippen molar-refractivity contribution >= 4 is 28.6 Å². The summed E-state index contributed by atoms with van der Waals surface area (Å²) < 4.78 is 7.18. The number of hydrogen-bond acceptors (Lipinski definition) is 3. The van der Waals surface area contributed by atoms with E-state index in [9.17, 15) is 0 Å². The van der Waals surface area contributed by atoms with Gasteiger partial charge in [-0.15, -0.1) is 0 Å². The van der Waals surface area contributed by atoms with Gasteiger partial charge in [-0.2, -0.15) is 0 Å². The third kappa shape index (κ3) is 1.98. The van der Waals surface area contributed by atoms with E-state index in [-0.39, 0.29) is 5.54 Å². The summed E-state index contributed by atoms with van der Waals surface area (Å²) in [6.45, 7) is 4.65. The highest BCUT2D eigenvalue weighted by Gasteiger charge is 2.25. The van der Waals surface area contributed by atoms with E-state index in [1.165, 1.54) is 0 Å². The maximum atomic E-state index is 6.11. The van der Waals surface area contributed by atoms with Crippen LogP contribution >= 0.6 is 11.6 Å². The van der Waals surface area contributed by atoms with Crippen LogP contribution in [0.4, 0.5) is 5.95 Å². The summed E-state index contributed by atoms with van der Waals surface area (Å²) in [5.41, 5.74) is 7.37. The van der Waals surface area contributed by atoms with Crippen LogP contribution in [0.2, 0.25) is 5.02 Å². The van der Waals surface area contributed by atoms with Gasteiger partial charge in [0.05, 0.1) is 22.7 Å². The van der Waals surface area contributed by atoms with Gasteiger partial charge in [0.15, 0.2) is 0 Å². The second-order valence-corrected chi connectivity index (χ2v) is 5.07. The summed E-state index contributed by atoms with van der Waals surface area (Å²) in [5, 5.41) is 0.612. The minimum Gasteiger partial charge on any atom is -0.382 e. The van der Waals surface area contributed by atoms with Gasteiger partial charge in [0.25, 0.3) is 0 Å².